The molecule has 0 radical (unpaired) electrons. The Balaban J connectivity index is 1.46. The number of thioether (sulfide) groups is 1. The molecule has 0 aromatic heterocycles. The van der Waals surface area contributed by atoms with Crippen molar-refractivity contribution in [3.8, 4) is 5.75 Å². The number of nitrogens with zero attached hydrogens (tertiary/aromatic N) is 2. The number of hydrogen-bond acceptors (Lipinski definition) is 6. The number of halogens is 1. The molecule has 4 rings (SSSR count). The second kappa shape index (κ2) is 9.58. The zero-order valence-electron chi connectivity index (χ0n) is 16.9. The van der Waals surface area contributed by atoms with Gasteiger partial charge in [0.25, 0.3) is 5.91 Å². The molecule has 6 nitrogen and oxygen atoms in total. The molecule has 0 aliphatic carbocycles. The molecule has 1 unspecified atom stereocenters. The predicted molar refractivity (Wildman–Crippen MR) is 121 cm³/mol. The first-order valence-corrected chi connectivity index (χ1v) is 11.3. The third kappa shape index (κ3) is 4.48. The predicted octanol–water partition coefficient (Wildman–Crippen LogP) is 3.63. The van der Waals surface area contributed by atoms with E-state index in [1.165, 1.54) is 4.90 Å². The number of carbonyl (C=O) groups is 2. The van der Waals surface area contributed by atoms with Crippen molar-refractivity contribution in [3.63, 3.8) is 0 Å². The van der Waals surface area contributed by atoms with Gasteiger partial charge in [0.2, 0.25) is 0 Å². The van der Waals surface area contributed by atoms with Crippen LogP contribution in [0.3, 0.4) is 0 Å². The molecule has 0 N–H and O–H groups in total. The fourth-order valence-electron chi connectivity index (χ4n) is 3.40. The number of rotatable bonds is 7. The number of hydrogen-bond donors (Lipinski definition) is 0. The van der Waals surface area contributed by atoms with Crippen molar-refractivity contribution in [3.05, 3.63) is 77.0 Å². The van der Waals surface area contributed by atoms with E-state index in [9.17, 15) is 9.59 Å². The van der Waals surface area contributed by atoms with E-state index in [1.54, 1.807) is 37.2 Å². The Bertz CT molecular complexity index is 1020. The van der Waals surface area contributed by atoms with Crippen molar-refractivity contribution >= 4 is 41.5 Å². The summed E-state index contributed by atoms with van der Waals surface area (Å²) in [7, 11) is 1.59. The van der Waals surface area contributed by atoms with Crippen LogP contribution >= 0.6 is 23.4 Å². The van der Waals surface area contributed by atoms with Crippen LogP contribution in [-0.4, -0.2) is 53.1 Å². The Morgan fingerprint density at radius 1 is 1.23 bits per heavy atom. The molecule has 160 valence electrons. The number of β-lactam (4-membered cyclic amide) rings is 1. The summed E-state index contributed by atoms with van der Waals surface area (Å²) in [5.74, 6) is 0.679. The minimum atomic E-state index is -0.546. The zero-order valence-corrected chi connectivity index (χ0v) is 18.4. The highest BCUT2D eigenvalue weighted by atomic mass is 35.5. The first kappa shape index (κ1) is 21.5. The number of aliphatic imine (C=N–C) groups is 1. The maximum absolute atomic E-state index is 12.9. The minimum Gasteiger partial charge on any atom is -0.497 e. The SMILES string of the molecule is COc1ccc(COC(=O)C2=C(CCl)CS[C@@H]3C(/N=C/c4ccccc4)C(=O)N23)cc1. The van der Waals surface area contributed by atoms with Gasteiger partial charge in [0.05, 0.1) is 7.11 Å². The number of esters is 1. The summed E-state index contributed by atoms with van der Waals surface area (Å²) in [6.07, 6.45) is 1.70. The molecule has 8 heteroatoms. The van der Waals surface area contributed by atoms with Crippen LogP contribution < -0.4 is 4.74 Å². The van der Waals surface area contributed by atoms with Crippen LogP contribution in [0, 0.1) is 0 Å². The molecule has 2 aromatic carbocycles. The Morgan fingerprint density at radius 2 is 1.97 bits per heavy atom. The summed E-state index contributed by atoms with van der Waals surface area (Å²) < 4.78 is 10.6. The Kier molecular flexibility index (Phi) is 6.63. The topological polar surface area (TPSA) is 68.2 Å². The summed E-state index contributed by atoms with van der Waals surface area (Å²) in [6, 6.07) is 16.3. The van der Waals surface area contributed by atoms with Crippen molar-refractivity contribution in [2.75, 3.05) is 18.7 Å². The largest absolute Gasteiger partial charge is 0.497 e. The zero-order chi connectivity index (χ0) is 21.8. The van der Waals surface area contributed by atoms with Gasteiger partial charge < -0.3 is 9.47 Å². The average molecular weight is 457 g/mol. The summed E-state index contributed by atoms with van der Waals surface area (Å²) in [6.45, 7) is 0.0946. The second-order valence-corrected chi connectivity index (χ2v) is 8.43. The lowest BCUT2D eigenvalue weighted by molar-refractivity contribution is -0.151. The second-order valence-electron chi connectivity index (χ2n) is 7.05. The van der Waals surface area contributed by atoms with Crippen molar-refractivity contribution < 1.29 is 19.1 Å². The van der Waals surface area contributed by atoms with Crippen LogP contribution in [0.4, 0.5) is 0 Å². The molecular formula is C23H21ClN2O4S. The van der Waals surface area contributed by atoms with Crippen LogP contribution in [0.15, 0.2) is 70.9 Å². The van der Waals surface area contributed by atoms with Gasteiger partial charge in [0.1, 0.15) is 23.4 Å². The van der Waals surface area contributed by atoms with Crippen LogP contribution in [0.1, 0.15) is 11.1 Å². The van der Waals surface area contributed by atoms with Gasteiger partial charge in [-0.3, -0.25) is 14.7 Å². The van der Waals surface area contributed by atoms with Crippen LogP contribution in [0.25, 0.3) is 0 Å². The van der Waals surface area contributed by atoms with Gasteiger partial charge in [-0.1, -0.05) is 42.5 Å². The highest BCUT2D eigenvalue weighted by Gasteiger charge is 2.53. The first-order chi connectivity index (χ1) is 15.1. The number of fused-ring (bicyclic) bond motifs is 1. The molecule has 1 amide bonds. The van der Waals surface area contributed by atoms with E-state index in [0.717, 1.165) is 16.9 Å². The highest BCUT2D eigenvalue weighted by Crippen LogP contribution is 2.42. The van der Waals surface area contributed by atoms with E-state index in [1.807, 2.05) is 42.5 Å². The van der Waals surface area contributed by atoms with Gasteiger partial charge in [-0.25, -0.2) is 4.79 Å². The number of ether oxygens (including phenoxy) is 2. The molecule has 1 saturated heterocycles. The molecule has 2 aliphatic rings. The van der Waals surface area contributed by atoms with Crippen LogP contribution in [-0.2, 0) is 20.9 Å². The van der Waals surface area contributed by atoms with E-state index in [0.29, 0.717) is 11.3 Å². The fraction of sp³-hybridized carbons (Fsp3) is 0.261. The standard InChI is InChI=1S/C23H21ClN2O4S/c1-29-18-9-7-16(8-10-18)13-30-23(28)20-17(11-24)14-31-22-19(21(27)26(20)22)25-12-15-5-3-2-4-6-15/h2-10,12,19,22H,11,13-14H2,1H3/b25-12+/t19?,22-/m1/s1. The van der Waals surface area contributed by atoms with E-state index in [-0.39, 0.29) is 29.5 Å². The van der Waals surface area contributed by atoms with Crippen molar-refractivity contribution in [1.29, 1.82) is 0 Å². The van der Waals surface area contributed by atoms with E-state index in [2.05, 4.69) is 4.99 Å². The molecule has 2 aliphatic heterocycles. The van der Waals surface area contributed by atoms with Gasteiger partial charge >= 0.3 is 5.97 Å². The Hall–Kier alpha value is -2.77. The van der Waals surface area contributed by atoms with Gasteiger partial charge in [-0.2, -0.15) is 0 Å². The number of amides is 1. The lowest BCUT2D eigenvalue weighted by Crippen LogP contribution is -2.64. The summed E-state index contributed by atoms with van der Waals surface area (Å²) in [5.41, 5.74) is 2.69. The smallest absolute Gasteiger partial charge is 0.355 e. The third-order valence-corrected chi connectivity index (χ3v) is 6.73. The first-order valence-electron chi connectivity index (χ1n) is 9.73. The molecule has 0 spiro atoms. The van der Waals surface area contributed by atoms with Crippen molar-refractivity contribution in [2.45, 2.75) is 18.0 Å². The van der Waals surface area contributed by atoms with E-state index >= 15 is 0 Å². The molecule has 0 saturated carbocycles. The lowest BCUT2D eigenvalue weighted by Gasteiger charge is -2.48. The van der Waals surface area contributed by atoms with Gasteiger partial charge in [-0.05, 0) is 28.8 Å². The Morgan fingerprint density at radius 3 is 2.65 bits per heavy atom. The van der Waals surface area contributed by atoms with Crippen LogP contribution in [0.5, 0.6) is 5.75 Å². The monoisotopic (exact) mass is 456 g/mol. The maximum Gasteiger partial charge on any atom is 0.355 e. The third-order valence-electron chi connectivity index (χ3n) is 5.09. The lowest BCUT2D eigenvalue weighted by atomic mass is 10.0. The molecule has 0 bridgehead atoms. The minimum absolute atomic E-state index is 0.0946. The highest BCUT2D eigenvalue weighted by molar-refractivity contribution is 8.00. The average Bonchev–Trinajstić information content (AvgIpc) is 2.82. The molecule has 31 heavy (non-hydrogen) atoms. The van der Waals surface area contributed by atoms with Crippen molar-refractivity contribution in [1.82, 2.24) is 4.90 Å². The van der Waals surface area contributed by atoms with Crippen molar-refractivity contribution in [2.24, 2.45) is 4.99 Å². The quantitative estimate of drug-likeness (QED) is 0.275. The summed E-state index contributed by atoms with van der Waals surface area (Å²) in [4.78, 5) is 31.7. The van der Waals surface area contributed by atoms with E-state index in [4.69, 9.17) is 21.1 Å². The summed E-state index contributed by atoms with van der Waals surface area (Å²) in [5, 5.41) is -0.233. The molecule has 1 fully saturated rings. The molecule has 2 atom stereocenters. The maximum atomic E-state index is 12.9. The normalized spacial score (nSPS) is 20.5. The summed E-state index contributed by atoms with van der Waals surface area (Å²) >= 11 is 7.63. The number of methoxy groups -OCH3 is 1. The Labute approximate surface area is 189 Å². The van der Waals surface area contributed by atoms with Gasteiger partial charge in [-0.15, -0.1) is 23.4 Å². The van der Waals surface area contributed by atoms with Crippen LogP contribution in [0.2, 0.25) is 0 Å². The van der Waals surface area contributed by atoms with E-state index < -0.39 is 12.0 Å². The molecule has 2 aromatic rings. The molecule has 2 heterocycles. The number of alkyl halides is 1. The molecular weight excluding hydrogens is 436 g/mol. The fourth-order valence-corrected chi connectivity index (χ4v) is 5.07. The number of benzene rings is 2. The van der Waals surface area contributed by atoms with Gasteiger partial charge in [0, 0.05) is 17.8 Å². The number of carbonyl (C=O) groups excluding carboxylic acids is 2. The van der Waals surface area contributed by atoms with Gasteiger partial charge in [0.15, 0.2) is 6.04 Å².